The predicted octanol–water partition coefficient (Wildman–Crippen LogP) is 3.51. The molecule has 2 aromatic rings. The molecule has 17 heavy (non-hydrogen) atoms. The molecule has 0 radical (unpaired) electrons. The first-order valence-electron chi connectivity index (χ1n) is 6.08. The summed E-state index contributed by atoms with van der Waals surface area (Å²) in [5.41, 5.74) is 2.12. The van der Waals surface area contributed by atoms with Crippen LogP contribution >= 0.6 is 11.8 Å². The van der Waals surface area contributed by atoms with Crippen molar-refractivity contribution in [2.45, 2.75) is 19.3 Å². The quantitative estimate of drug-likeness (QED) is 0.738. The second kappa shape index (κ2) is 6.55. The van der Waals surface area contributed by atoms with Crippen LogP contribution in [0, 0.1) is 0 Å². The summed E-state index contributed by atoms with van der Waals surface area (Å²) in [5.74, 6) is 2.15. The van der Waals surface area contributed by atoms with Gasteiger partial charge in [-0.25, -0.2) is 4.98 Å². The van der Waals surface area contributed by atoms with Gasteiger partial charge >= 0.3 is 0 Å². The standard InChI is InChI=1S/C13H19N3S/c1-17-10-6-2-5-9-14-13-15-11-7-3-4-8-12(11)16-13/h3-4,7-8H,2,5-6,9-10H2,1H3,(H2,14,15,16). The van der Waals surface area contributed by atoms with Gasteiger partial charge in [0.2, 0.25) is 5.95 Å². The third kappa shape index (κ3) is 3.66. The number of H-pyrrole nitrogens is 1. The molecule has 0 atom stereocenters. The van der Waals surface area contributed by atoms with E-state index in [1.807, 2.05) is 36.0 Å². The zero-order valence-electron chi connectivity index (χ0n) is 10.2. The van der Waals surface area contributed by atoms with Crippen molar-refractivity contribution < 1.29 is 0 Å². The molecule has 2 rings (SSSR count). The summed E-state index contributed by atoms with van der Waals surface area (Å²) in [4.78, 5) is 7.75. The molecule has 0 amide bonds. The topological polar surface area (TPSA) is 40.7 Å². The Balaban J connectivity index is 1.75. The highest BCUT2D eigenvalue weighted by atomic mass is 32.2. The molecule has 0 spiro atoms. The van der Waals surface area contributed by atoms with E-state index in [4.69, 9.17) is 0 Å². The lowest BCUT2D eigenvalue weighted by molar-refractivity contribution is 0.747. The van der Waals surface area contributed by atoms with Gasteiger partial charge in [-0.05, 0) is 37.0 Å². The number of nitrogens with one attached hydrogen (secondary N) is 2. The van der Waals surface area contributed by atoms with Crippen LogP contribution in [0.25, 0.3) is 11.0 Å². The van der Waals surface area contributed by atoms with Gasteiger partial charge < -0.3 is 10.3 Å². The van der Waals surface area contributed by atoms with E-state index in [0.717, 1.165) is 23.5 Å². The molecule has 0 aliphatic heterocycles. The molecular formula is C13H19N3S. The Morgan fingerprint density at radius 1 is 1.24 bits per heavy atom. The molecule has 1 heterocycles. The van der Waals surface area contributed by atoms with Gasteiger partial charge in [-0.15, -0.1) is 0 Å². The SMILES string of the molecule is CSCCCCCNc1nc2ccccc2[nH]1. The molecule has 0 saturated carbocycles. The summed E-state index contributed by atoms with van der Waals surface area (Å²) >= 11 is 1.92. The number of aromatic nitrogens is 2. The molecule has 92 valence electrons. The predicted molar refractivity (Wildman–Crippen MR) is 76.8 cm³/mol. The Kier molecular flexibility index (Phi) is 4.74. The first kappa shape index (κ1) is 12.3. The second-order valence-electron chi connectivity index (χ2n) is 4.08. The molecule has 0 fully saturated rings. The Hall–Kier alpha value is -1.16. The minimum Gasteiger partial charge on any atom is -0.356 e. The lowest BCUT2D eigenvalue weighted by Gasteiger charge is -2.01. The van der Waals surface area contributed by atoms with Crippen molar-refractivity contribution in [3.8, 4) is 0 Å². The molecule has 4 heteroatoms. The molecule has 2 N–H and O–H groups in total. The molecule has 0 saturated heterocycles. The number of fused-ring (bicyclic) bond motifs is 1. The number of hydrogen-bond donors (Lipinski definition) is 2. The fourth-order valence-corrected chi connectivity index (χ4v) is 2.28. The van der Waals surface area contributed by atoms with E-state index in [1.54, 1.807) is 0 Å². The molecule has 3 nitrogen and oxygen atoms in total. The second-order valence-corrected chi connectivity index (χ2v) is 5.07. The van der Waals surface area contributed by atoms with Crippen LogP contribution in [0.5, 0.6) is 0 Å². The van der Waals surface area contributed by atoms with Gasteiger partial charge in [0.15, 0.2) is 0 Å². The van der Waals surface area contributed by atoms with Gasteiger partial charge in [-0.2, -0.15) is 11.8 Å². The molecule has 0 unspecified atom stereocenters. The van der Waals surface area contributed by atoms with Crippen LogP contribution in [0.15, 0.2) is 24.3 Å². The summed E-state index contributed by atoms with van der Waals surface area (Å²) in [7, 11) is 0. The first-order chi connectivity index (χ1) is 8.40. The van der Waals surface area contributed by atoms with Crippen molar-refractivity contribution in [1.82, 2.24) is 9.97 Å². The summed E-state index contributed by atoms with van der Waals surface area (Å²) < 4.78 is 0. The van der Waals surface area contributed by atoms with E-state index in [-0.39, 0.29) is 0 Å². The number of aromatic amines is 1. The monoisotopic (exact) mass is 249 g/mol. The van der Waals surface area contributed by atoms with Gasteiger partial charge in [0.05, 0.1) is 11.0 Å². The zero-order chi connectivity index (χ0) is 11.9. The number of imidazole rings is 1. The fourth-order valence-electron chi connectivity index (χ4n) is 1.79. The molecule has 1 aromatic heterocycles. The lowest BCUT2D eigenvalue weighted by Crippen LogP contribution is -2.02. The van der Waals surface area contributed by atoms with E-state index in [1.165, 1.54) is 25.0 Å². The number of unbranched alkanes of at least 4 members (excludes halogenated alkanes) is 2. The van der Waals surface area contributed by atoms with Crippen molar-refractivity contribution in [2.24, 2.45) is 0 Å². The first-order valence-corrected chi connectivity index (χ1v) is 7.47. The average Bonchev–Trinajstić information content (AvgIpc) is 2.76. The Morgan fingerprint density at radius 2 is 2.12 bits per heavy atom. The third-order valence-electron chi connectivity index (χ3n) is 2.71. The van der Waals surface area contributed by atoms with Crippen LogP contribution in [0.3, 0.4) is 0 Å². The van der Waals surface area contributed by atoms with Crippen LogP contribution in [0.2, 0.25) is 0 Å². The number of thioether (sulfide) groups is 1. The summed E-state index contributed by atoms with van der Waals surface area (Å²) in [6, 6.07) is 8.10. The van der Waals surface area contributed by atoms with Crippen LogP contribution < -0.4 is 5.32 Å². The highest BCUT2D eigenvalue weighted by Crippen LogP contribution is 2.13. The highest BCUT2D eigenvalue weighted by Gasteiger charge is 1.99. The summed E-state index contributed by atoms with van der Waals surface area (Å²) in [6.07, 6.45) is 5.96. The van der Waals surface area contributed by atoms with Crippen molar-refractivity contribution in [2.75, 3.05) is 23.9 Å². The summed E-state index contributed by atoms with van der Waals surface area (Å²) in [5, 5.41) is 3.34. The minimum atomic E-state index is 0.885. The van der Waals surface area contributed by atoms with E-state index in [0.29, 0.717) is 0 Å². The average molecular weight is 249 g/mol. The molecule has 0 bridgehead atoms. The maximum absolute atomic E-state index is 4.48. The van der Waals surface area contributed by atoms with Gasteiger partial charge in [-0.3, -0.25) is 0 Å². The Morgan fingerprint density at radius 3 is 2.94 bits per heavy atom. The maximum Gasteiger partial charge on any atom is 0.201 e. The molecule has 1 aromatic carbocycles. The lowest BCUT2D eigenvalue weighted by atomic mass is 10.2. The Bertz CT molecular complexity index is 420. The highest BCUT2D eigenvalue weighted by molar-refractivity contribution is 7.98. The third-order valence-corrected chi connectivity index (χ3v) is 3.40. The zero-order valence-corrected chi connectivity index (χ0v) is 11.0. The van der Waals surface area contributed by atoms with Crippen molar-refractivity contribution in [3.05, 3.63) is 24.3 Å². The van der Waals surface area contributed by atoms with Crippen LogP contribution in [-0.4, -0.2) is 28.5 Å². The van der Waals surface area contributed by atoms with Gasteiger partial charge in [0.1, 0.15) is 0 Å². The van der Waals surface area contributed by atoms with Gasteiger partial charge in [0.25, 0.3) is 0 Å². The van der Waals surface area contributed by atoms with Crippen molar-refractivity contribution in [1.29, 1.82) is 0 Å². The van der Waals surface area contributed by atoms with Crippen molar-refractivity contribution >= 4 is 28.7 Å². The largest absolute Gasteiger partial charge is 0.356 e. The molecular weight excluding hydrogens is 230 g/mol. The minimum absolute atomic E-state index is 0.885. The number of rotatable bonds is 7. The molecule has 0 aliphatic rings. The number of anilines is 1. The van der Waals surface area contributed by atoms with E-state index < -0.39 is 0 Å². The smallest absolute Gasteiger partial charge is 0.201 e. The van der Waals surface area contributed by atoms with Gasteiger partial charge in [0, 0.05) is 6.54 Å². The van der Waals surface area contributed by atoms with Crippen LogP contribution in [0.1, 0.15) is 19.3 Å². The summed E-state index contributed by atoms with van der Waals surface area (Å²) in [6.45, 7) is 0.994. The fraction of sp³-hybridized carbons (Fsp3) is 0.462. The number of hydrogen-bond acceptors (Lipinski definition) is 3. The molecule has 0 aliphatic carbocycles. The van der Waals surface area contributed by atoms with Crippen LogP contribution in [-0.2, 0) is 0 Å². The van der Waals surface area contributed by atoms with E-state index >= 15 is 0 Å². The van der Waals surface area contributed by atoms with Crippen LogP contribution in [0.4, 0.5) is 5.95 Å². The maximum atomic E-state index is 4.48. The number of nitrogens with zero attached hydrogens (tertiary/aromatic N) is 1. The van der Waals surface area contributed by atoms with Crippen molar-refractivity contribution in [3.63, 3.8) is 0 Å². The van der Waals surface area contributed by atoms with E-state index in [2.05, 4.69) is 21.5 Å². The number of benzene rings is 1. The normalized spacial score (nSPS) is 10.9. The Labute approximate surface area is 106 Å². The van der Waals surface area contributed by atoms with E-state index in [9.17, 15) is 0 Å². The van der Waals surface area contributed by atoms with Gasteiger partial charge in [-0.1, -0.05) is 18.6 Å². The number of para-hydroxylation sites is 2.